The lowest BCUT2D eigenvalue weighted by molar-refractivity contribution is 0.281. The zero-order valence-electron chi connectivity index (χ0n) is 38.1. The van der Waals surface area contributed by atoms with Gasteiger partial charge in [-0.3, -0.25) is 0 Å². The summed E-state index contributed by atoms with van der Waals surface area (Å²) in [6, 6.07) is 48.6. The highest BCUT2D eigenvalue weighted by Gasteiger charge is 2.15. The van der Waals surface area contributed by atoms with E-state index in [0.29, 0.717) is 0 Å². The van der Waals surface area contributed by atoms with Crippen LogP contribution in [0.2, 0.25) is 0 Å². The van der Waals surface area contributed by atoms with Gasteiger partial charge in [0, 0.05) is 34.1 Å². The first kappa shape index (κ1) is 53.8. The first-order valence-corrected chi connectivity index (χ1v) is 21.7. The van der Waals surface area contributed by atoms with Gasteiger partial charge < -0.3 is 30.2 Å². The predicted molar refractivity (Wildman–Crippen MR) is 257 cm³/mol. The number of rotatable bonds is 12. The Bertz CT molecular complexity index is 1620. The molecule has 4 N–H and O–H groups in total. The molecule has 0 fully saturated rings. The van der Waals surface area contributed by atoms with Crippen LogP contribution in [0.1, 0.15) is 116 Å². The predicted octanol–water partition coefficient (Wildman–Crippen LogP) is 14.3. The minimum absolute atomic E-state index is 0.00533. The van der Waals surface area contributed by atoms with Crippen LogP contribution >= 0.6 is 0 Å². The second-order valence-electron chi connectivity index (χ2n) is 11.5. The molecule has 6 aromatic carbocycles. The zero-order chi connectivity index (χ0) is 44.6. The summed E-state index contributed by atoms with van der Waals surface area (Å²) in [5, 5.41) is 38.2. The highest BCUT2D eigenvalue weighted by Crippen LogP contribution is 2.37. The lowest BCUT2D eigenvalue weighted by Crippen LogP contribution is -2.10. The van der Waals surface area contributed by atoms with Crippen molar-refractivity contribution in [3.8, 4) is 0 Å². The highest BCUT2D eigenvalue weighted by atomic mass is 16.3. The number of hydrogen-bond donors (Lipinski definition) is 4. The molecule has 0 aliphatic carbocycles. The monoisotopic (exact) mass is 803 g/mol. The first-order valence-electron chi connectivity index (χ1n) is 21.7. The summed E-state index contributed by atoms with van der Waals surface area (Å²) in [6.45, 7) is 24.0. The van der Waals surface area contributed by atoms with E-state index in [9.17, 15) is 20.4 Å². The number of anilines is 6. The summed E-state index contributed by atoms with van der Waals surface area (Å²) in [7, 11) is 0. The SMILES string of the molecule is CC.CC.CC.CC.CC.CC.OCc1ccc(N(c2ccc(CO)cc2)c2ccc(Cc3ccc(N(c4ccc(CO)cc4)c4ccc(CO)cc4)cc3)cc2)cc1. The molecule has 6 rings (SSSR count). The third kappa shape index (κ3) is 16.5. The summed E-state index contributed by atoms with van der Waals surface area (Å²) in [5.74, 6) is 0. The van der Waals surface area contributed by atoms with Gasteiger partial charge in [-0.05, 0) is 113 Å². The molecule has 6 nitrogen and oxygen atoms in total. The molecule has 0 heterocycles. The van der Waals surface area contributed by atoms with Gasteiger partial charge in [-0.15, -0.1) is 0 Å². The summed E-state index contributed by atoms with van der Waals surface area (Å²) in [4.78, 5) is 4.32. The Morgan fingerprint density at radius 2 is 0.373 bits per heavy atom. The van der Waals surface area contributed by atoms with E-state index >= 15 is 0 Å². The van der Waals surface area contributed by atoms with Crippen molar-refractivity contribution in [1.29, 1.82) is 0 Å². The zero-order valence-corrected chi connectivity index (χ0v) is 38.1. The van der Waals surface area contributed by atoms with Gasteiger partial charge in [-0.2, -0.15) is 0 Å². The largest absolute Gasteiger partial charge is 0.392 e. The Hall–Kier alpha value is -5.24. The van der Waals surface area contributed by atoms with Gasteiger partial charge in [-0.1, -0.05) is 156 Å². The Morgan fingerprint density at radius 1 is 0.237 bits per heavy atom. The Labute approximate surface area is 358 Å². The fourth-order valence-corrected chi connectivity index (χ4v) is 5.66. The van der Waals surface area contributed by atoms with Crippen LogP contribution in [-0.2, 0) is 32.8 Å². The number of hydrogen-bond acceptors (Lipinski definition) is 6. The molecule has 0 saturated carbocycles. The standard InChI is InChI=1S/C41H38N2O4.6C2H6/c44-26-32-5-17-38(18-6-32)42(39-19-7-33(27-45)8-20-39)36-13-1-30(2-14-36)25-31-3-15-37(16-4-31)43(40-21-9-34(28-46)10-22-40)41-23-11-35(29-47)12-24-41;6*1-2/h1-24,44-47H,25-29H2;6*1-2H3. The van der Waals surface area contributed by atoms with Crippen LogP contribution in [0.25, 0.3) is 0 Å². The fraction of sp³-hybridized carbons (Fsp3) is 0.321. The van der Waals surface area contributed by atoms with E-state index in [-0.39, 0.29) is 26.4 Å². The molecule has 0 amide bonds. The highest BCUT2D eigenvalue weighted by molar-refractivity contribution is 5.78. The van der Waals surface area contributed by atoms with E-state index in [1.54, 1.807) is 0 Å². The summed E-state index contributed by atoms with van der Waals surface area (Å²) < 4.78 is 0. The smallest absolute Gasteiger partial charge is 0.0681 e. The summed E-state index contributed by atoms with van der Waals surface area (Å²) in [5.41, 5.74) is 11.7. The molecule has 0 aliphatic rings. The maximum absolute atomic E-state index is 9.54. The topological polar surface area (TPSA) is 87.4 Å². The van der Waals surface area contributed by atoms with Gasteiger partial charge in [0.15, 0.2) is 0 Å². The second-order valence-corrected chi connectivity index (χ2v) is 11.5. The molecular weight excluding hydrogens is 729 g/mol. The van der Waals surface area contributed by atoms with Crippen LogP contribution in [0.3, 0.4) is 0 Å². The van der Waals surface area contributed by atoms with Crippen molar-refractivity contribution in [2.24, 2.45) is 0 Å². The first-order chi connectivity index (χ1) is 29.1. The van der Waals surface area contributed by atoms with Gasteiger partial charge in [0.2, 0.25) is 0 Å². The van der Waals surface area contributed by atoms with Crippen LogP contribution in [0.15, 0.2) is 146 Å². The number of aliphatic hydroxyl groups is 4. The lowest BCUT2D eigenvalue weighted by Gasteiger charge is -2.26. The Morgan fingerprint density at radius 3 is 0.508 bits per heavy atom. The number of benzene rings is 6. The molecule has 6 heteroatoms. The molecule has 0 unspecified atom stereocenters. The van der Waals surface area contributed by atoms with Crippen LogP contribution in [0.5, 0.6) is 0 Å². The fourth-order valence-electron chi connectivity index (χ4n) is 5.66. The van der Waals surface area contributed by atoms with E-state index in [4.69, 9.17) is 0 Å². The van der Waals surface area contributed by atoms with Crippen LogP contribution < -0.4 is 9.80 Å². The molecule has 6 aromatic rings. The second kappa shape index (κ2) is 32.7. The molecular formula is C53H74N2O4. The Balaban J connectivity index is 0.00000257. The summed E-state index contributed by atoms with van der Waals surface area (Å²) in [6.07, 6.45) is 0.771. The van der Waals surface area contributed by atoms with E-state index in [1.807, 2.05) is 180 Å². The molecule has 0 atom stereocenters. The van der Waals surface area contributed by atoms with Gasteiger partial charge in [0.1, 0.15) is 0 Å². The van der Waals surface area contributed by atoms with E-state index in [2.05, 4.69) is 58.3 Å². The van der Waals surface area contributed by atoms with Crippen molar-refractivity contribution < 1.29 is 20.4 Å². The minimum atomic E-state index is -0.00533. The third-order valence-electron chi connectivity index (χ3n) is 8.31. The van der Waals surface area contributed by atoms with Crippen molar-refractivity contribution in [1.82, 2.24) is 0 Å². The molecule has 0 radical (unpaired) electrons. The van der Waals surface area contributed by atoms with Crippen molar-refractivity contribution in [2.75, 3.05) is 9.80 Å². The summed E-state index contributed by atoms with van der Waals surface area (Å²) >= 11 is 0. The van der Waals surface area contributed by atoms with E-state index in [1.165, 1.54) is 11.1 Å². The lowest BCUT2D eigenvalue weighted by atomic mass is 10.0. The third-order valence-corrected chi connectivity index (χ3v) is 8.31. The van der Waals surface area contributed by atoms with Crippen molar-refractivity contribution in [3.05, 3.63) is 179 Å². The van der Waals surface area contributed by atoms with Gasteiger partial charge in [-0.25, -0.2) is 0 Å². The van der Waals surface area contributed by atoms with Gasteiger partial charge >= 0.3 is 0 Å². The molecule has 0 aromatic heterocycles. The van der Waals surface area contributed by atoms with Crippen molar-refractivity contribution >= 4 is 34.1 Å². The van der Waals surface area contributed by atoms with Crippen molar-refractivity contribution in [2.45, 2.75) is 116 Å². The number of nitrogens with zero attached hydrogens (tertiary/aromatic N) is 2. The van der Waals surface area contributed by atoms with E-state index < -0.39 is 0 Å². The molecule has 0 aliphatic heterocycles. The van der Waals surface area contributed by atoms with E-state index in [0.717, 1.165) is 62.8 Å². The quantitative estimate of drug-likeness (QED) is 0.0986. The minimum Gasteiger partial charge on any atom is -0.392 e. The van der Waals surface area contributed by atoms with Gasteiger partial charge in [0.25, 0.3) is 0 Å². The molecule has 0 spiro atoms. The normalized spacial score (nSPS) is 9.36. The average molecular weight is 803 g/mol. The van der Waals surface area contributed by atoms with Crippen LogP contribution in [0.4, 0.5) is 34.1 Å². The van der Waals surface area contributed by atoms with Gasteiger partial charge in [0.05, 0.1) is 26.4 Å². The van der Waals surface area contributed by atoms with Crippen molar-refractivity contribution in [3.63, 3.8) is 0 Å². The Kier molecular flexibility index (Phi) is 29.8. The maximum atomic E-state index is 9.54. The average Bonchev–Trinajstić information content (AvgIpc) is 3.35. The molecule has 59 heavy (non-hydrogen) atoms. The van der Waals surface area contributed by atoms with Crippen LogP contribution in [0, 0.1) is 0 Å². The number of aliphatic hydroxyl groups excluding tert-OH is 4. The molecule has 320 valence electrons. The molecule has 0 bridgehead atoms. The maximum Gasteiger partial charge on any atom is 0.0681 e. The van der Waals surface area contributed by atoms with Crippen LogP contribution in [-0.4, -0.2) is 20.4 Å². The molecule has 0 saturated heterocycles.